The van der Waals surface area contributed by atoms with Gasteiger partial charge in [-0.3, -0.25) is 0 Å². The van der Waals surface area contributed by atoms with E-state index in [1.54, 1.807) is 48.5 Å². The number of allylic oxidation sites excluding steroid dienone is 4. The molecule has 0 spiro atoms. The average Bonchev–Trinajstić information content (AvgIpc) is 2.96. The molecule has 37 heavy (non-hydrogen) atoms. The summed E-state index contributed by atoms with van der Waals surface area (Å²) in [5.74, 6) is 1.41. The quantitative estimate of drug-likeness (QED) is 0.237. The van der Waals surface area contributed by atoms with Crippen LogP contribution in [0.3, 0.4) is 0 Å². The molecule has 0 aromatic heterocycles. The molecule has 5 heteroatoms. The molecule has 0 radical (unpaired) electrons. The van der Waals surface area contributed by atoms with Crippen molar-refractivity contribution >= 4 is 0 Å². The number of rotatable bonds is 10. The Hall–Kier alpha value is -3.18. The number of alkyl halides is 2. The van der Waals surface area contributed by atoms with Crippen molar-refractivity contribution in [1.29, 1.82) is 0 Å². The Balaban J connectivity index is 1.15. The van der Waals surface area contributed by atoms with Crippen LogP contribution in [-0.2, 0) is 4.74 Å². The van der Waals surface area contributed by atoms with Crippen molar-refractivity contribution in [3.8, 4) is 11.5 Å². The molecule has 2 atom stereocenters. The minimum absolute atomic E-state index is 0.289. The molecule has 3 nitrogen and oxygen atoms in total. The van der Waals surface area contributed by atoms with Gasteiger partial charge in [-0.05, 0) is 97.9 Å². The van der Waals surface area contributed by atoms with Crippen LogP contribution in [0, 0.1) is 0 Å². The molecule has 196 valence electrons. The van der Waals surface area contributed by atoms with E-state index in [0.29, 0.717) is 22.6 Å². The van der Waals surface area contributed by atoms with E-state index in [1.807, 2.05) is 12.5 Å². The Morgan fingerprint density at radius 1 is 0.622 bits per heavy atom. The molecule has 2 unspecified atom stereocenters. The molecule has 0 aliphatic heterocycles. The van der Waals surface area contributed by atoms with Crippen molar-refractivity contribution in [2.24, 2.45) is 0 Å². The lowest BCUT2D eigenvalue weighted by atomic mass is 9.91. The lowest BCUT2D eigenvalue weighted by molar-refractivity contribution is -0.0366. The highest BCUT2D eigenvalue weighted by molar-refractivity contribution is 5.31. The summed E-state index contributed by atoms with van der Waals surface area (Å²) >= 11 is 0. The highest BCUT2D eigenvalue weighted by Gasteiger charge is 2.24. The van der Waals surface area contributed by atoms with Crippen molar-refractivity contribution in [3.63, 3.8) is 0 Å². The summed E-state index contributed by atoms with van der Waals surface area (Å²) in [7, 11) is 0. The second-order valence-corrected chi connectivity index (χ2v) is 9.74. The van der Waals surface area contributed by atoms with Gasteiger partial charge in [-0.25, -0.2) is 8.78 Å². The fourth-order valence-corrected chi connectivity index (χ4v) is 4.74. The summed E-state index contributed by atoms with van der Waals surface area (Å²) in [5, 5.41) is 0. The summed E-state index contributed by atoms with van der Waals surface area (Å²) in [6.45, 7) is 6.97. The van der Waals surface area contributed by atoms with Gasteiger partial charge in [0, 0.05) is 0 Å². The number of benzene rings is 2. The second-order valence-electron chi connectivity index (χ2n) is 9.74. The topological polar surface area (TPSA) is 27.7 Å². The molecule has 2 aromatic carbocycles. The Labute approximate surface area is 219 Å². The lowest BCUT2D eigenvalue weighted by Crippen LogP contribution is -2.27. The van der Waals surface area contributed by atoms with Gasteiger partial charge in [-0.2, -0.15) is 0 Å². The molecular formula is C32H36F2O3. The third-order valence-corrected chi connectivity index (χ3v) is 7.07. The number of ether oxygens (including phenoxy) is 3. The van der Waals surface area contributed by atoms with Crippen molar-refractivity contribution in [2.45, 2.75) is 75.9 Å². The first-order chi connectivity index (χ1) is 18.0. The summed E-state index contributed by atoms with van der Waals surface area (Å²) in [5.41, 5.74) is 3.72. The van der Waals surface area contributed by atoms with Crippen molar-refractivity contribution in [1.82, 2.24) is 0 Å². The Kier molecular flexibility index (Phi) is 9.72. The largest absolute Gasteiger partial charge is 0.465 e. The van der Waals surface area contributed by atoms with Gasteiger partial charge in [0.1, 0.15) is 23.8 Å². The predicted octanol–water partition coefficient (Wildman–Crippen LogP) is 9.21. The zero-order valence-electron chi connectivity index (χ0n) is 21.3. The van der Waals surface area contributed by atoms with Gasteiger partial charge in [-0.1, -0.05) is 49.6 Å². The summed E-state index contributed by atoms with van der Waals surface area (Å²) in [4.78, 5) is 0. The predicted molar refractivity (Wildman–Crippen MR) is 144 cm³/mol. The molecule has 0 bridgehead atoms. The molecule has 0 heterocycles. The van der Waals surface area contributed by atoms with Gasteiger partial charge in [0.15, 0.2) is 0 Å². The van der Waals surface area contributed by atoms with E-state index in [4.69, 9.17) is 14.2 Å². The first-order valence-electron chi connectivity index (χ1n) is 13.1. The Bertz CT molecular complexity index is 981. The van der Waals surface area contributed by atoms with E-state index in [0.717, 1.165) is 51.4 Å². The third-order valence-electron chi connectivity index (χ3n) is 7.07. The van der Waals surface area contributed by atoms with Crippen LogP contribution >= 0.6 is 0 Å². The number of halogens is 2. The Morgan fingerprint density at radius 2 is 0.973 bits per heavy atom. The maximum absolute atomic E-state index is 13.6. The number of hydrogen-bond acceptors (Lipinski definition) is 3. The van der Waals surface area contributed by atoms with E-state index in [-0.39, 0.29) is 12.2 Å². The van der Waals surface area contributed by atoms with E-state index in [1.165, 1.54) is 23.3 Å². The molecule has 2 saturated carbocycles. The second kappa shape index (κ2) is 13.4. The van der Waals surface area contributed by atoms with E-state index in [2.05, 4.69) is 13.2 Å². The van der Waals surface area contributed by atoms with Crippen LogP contribution in [0.25, 0.3) is 0 Å². The highest BCUT2D eigenvalue weighted by atomic mass is 19.1. The van der Waals surface area contributed by atoms with Crippen molar-refractivity contribution in [2.75, 3.05) is 0 Å². The van der Waals surface area contributed by atoms with E-state index in [9.17, 15) is 8.78 Å². The van der Waals surface area contributed by atoms with Gasteiger partial charge in [0.2, 0.25) is 0 Å². The van der Waals surface area contributed by atoms with Gasteiger partial charge in [-0.15, -0.1) is 0 Å². The monoisotopic (exact) mass is 506 g/mol. The maximum atomic E-state index is 13.6. The molecule has 2 fully saturated rings. The van der Waals surface area contributed by atoms with E-state index < -0.39 is 12.3 Å². The van der Waals surface area contributed by atoms with Crippen LogP contribution in [0.4, 0.5) is 8.78 Å². The van der Waals surface area contributed by atoms with Crippen molar-refractivity contribution in [3.05, 3.63) is 109 Å². The maximum Gasteiger partial charge on any atom is 0.143 e. The molecule has 2 aromatic rings. The first-order valence-corrected chi connectivity index (χ1v) is 13.1. The van der Waals surface area contributed by atoms with Crippen LogP contribution in [0.15, 0.2) is 97.5 Å². The van der Waals surface area contributed by atoms with Crippen LogP contribution in [-0.4, -0.2) is 12.2 Å². The van der Waals surface area contributed by atoms with Crippen LogP contribution < -0.4 is 9.47 Å². The first kappa shape index (κ1) is 26.9. The minimum atomic E-state index is -1.15. The van der Waals surface area contributed by atoms with Crippen molar-refractivity contribution < 1.29 is 23.0 Å². The molecular weight excluding hydrogens is 470 g/mol. The number of hydrogen-bond donors (Lipinski definition) is 0. The summed E-state index contributed by atoms with van der Waals surface area (Å²) in [6.07, 6.45) is 12.4. The third kappa shape index (κ3) is 7.90. The SMILES string of the molecule is C=CC(F)c1ccc(OC=C2CCC(OC3CCC(=COc4ccc(C(F)C=C)cc4)CC3)CC2)cc1. The summed E-state index contributed by atoms with van der Waals surface area (Å²) < 4.78 is 45.3. The standard InChI is InChI=1S/C32H36F2O3/c1-3-31(33)25-9-17-27(18-10-25)35-21-23-5-13-29(14-6-23)37-30-15-7-24(8-16-30)22-36-28-19-11-26(12-20-28)32(34)4-2/h3-4,9-12,17-22,29-32H,1-2,5-8,13-16H2. The average molecular weight is 507 g/mol. The lowest BCUT2D eigenvalue weighted by Gasteiger charge is -2.31. The van der Waals surface area contributed by atoms with Crippen LogP contribution in [0.1, 0.15) is 74.8 Å². The molecule has 0 N–H and O–H groups in total. The fraction of sp³-hybridized carbons (Fsp3) is 0.375. The minimum Gasteiger partial charge on any atom is -0.465 e. The molecule has 4 rings (SSSR count). The molecule has 0 saturated heterocycles. The van der Waals surface area contributed by atoms with Gasteiger partial charge in [0.25, 0.3) is 0 Å². The fourth-order valence-electron chi connectivity index (χ4n) is 4.74. The van der Waals surface area contributed by atoms with Crippen LogP contribution in [0.5, 0.6) is 11.5 Å². The molecule has 2 aliphatic carbocycles. The zero-order chi connectivity index (χ0) is 26.0. The van der Waals surface area contributed by atoms with Gasteiger partial charge < -0.3 is 14.2 Å². The molecule has 2 aliphatic rings. The van der Waals surface area contributed by atoms with E-state index >= 15 is 0 Å². The molecule has 0 amide bonds. The van der Waals surface area contributed by atoms with Gasteiger partial charge >= 0.3 is 0 Å². The Morgan fingerprint density at radius 3 is 1.30 bits per heavy atom. The van der Waals surface area contributed by atoms with Crippen LogP contribution in [0.2, 0.25) is 0 Å². The zero-order valence-corrected chi connectivity index (χ0v) is 21.3. The normalized spacial score (nSPS) is 21.5. The smallest absolute Gasteiger partial charge is 0.143 e. The highest BCUT2D eigenvalue weighted by Crippen LogP contribution is 2.32. The van der Waals surface area contributed by atoms with Gasteiger partial charge in [0.05, 0.1) is 24.7 Å². The summed E-state index contributed by atoms with van der Waals surface area (Å²) in [6, 6.07) is 14.1.